The Bertz CT molecular complexity index is 1050. The quantitative estimate of drug-likeness (QED) is 0.460. The summed E-state index contributed by atoms with van der Waals surface area (Å²) in [5.74, 6) is -0.0469. The molecule has 2 aliphatic heterocycles. The van der Waals surface area contributed by atoms with Gasteiger partial charge in [0.25, 0.3) is 0 Å². The van der Waals surface area contributed by atoms with Crippen molar-refractivity contribution in [3.8, 4) is 5.75 Å². The van der Waals surface area contributed by atoms with E-state index in [0.717, 1.165) is 19.3 Å². The fourth-order valence-electron chi connectivity index (χ4n) is 4.42. The van der Waals surface area contributed by atoms with Crippen LogP contribution in [0.25, 0.3) is 0 Å². The number of benzene rings is 1. The normalized spacial score (nSPS) is 22.4. The second kappa shape index (κ2) is 13.0. The van der Waals surface area contributed by atoms with Crippen LogP contribution in [0.15, 0.2) is 18.2 Å². The number of carbonyl (C=O) groups excluding carboxylic acids is 2. The molecule has 0 saturated carbocycles. The first kappa shape index (κ1) is 29.3. The fourth-order valence-corrected chi connectivity index (χ4v) is 4.84. The topological polar surface area (TPSA) is 129 Å². The van der Waals surface area contributed by atoms with E-state index in [4.69, 9.17) is 9.47 Å². The number of aliphatic hydroxyl groups excluding tert-OH is 1. The van der Waals surface area contributed by atoms with Gasteiger partial charge in [-0.15, -0.1) is 0 Å². The number of nitrogens with one attached hydrogen (secondary N) is 1. The Morgan fingerprint density at radius 2 is 2.00 bits per heavy atom. The molecule has 0 radical (unpaired) electrons. The number of nitrogens with zero attached hydrogens (tertiary/aromatic N) is 3. The summed E-state index contributed by atoms with van der Waals surface area (Å²) in [7, 11) is -1.94. The summed E-state index contributed by atoms with van der Waals surface area (Å²) >= 11 is 0. The lowest BCUT2D eigenvalue weighted by Crippen LogP contribution is -2.48. The number of sulfonamides is 1. The number of rotatable bonds is 9. The number of hydrogen-bond donors (Lipinski definition) is 2. The van der Waals surface area contributed by atoms with Crippen LogP contribution in [0.5, 0.6) is 5.75 Å². The first-order valence-corrected chi connectivity index (χ1v) is 14.5. The monoisotopic (exact) mass is 540 g/mol. The van der Waals surface area contributed by atoms with E-state index in [1.165, 1.54) is 11.4 Å². The summed E-state index contributed by atoms with van der Waals surface area (Å²) in [5.41, 5.74) is 1.15. The molecule has 3 atom stereocenters. The minimum atomic E-state index is -3.44. The number of ether oxygens (including phenoxy) is 2. The maximum Gasteiger partial charge on any atom is 0.227 e. The fraction of sp³-hybridized carbons (Fsp3) is 0.680. The van der Waals surface area contributed by atoms with Gasteiger partial charge in [0.2, 0.25) is 21.8 Å². The van der Waals surface area contributed by atoms with Gasteiger partial charge in [0.15, 0.2) is 0 Å². The van der Waals surface area contributed by atoms with Gasteiger partial charge in [0.1, 0.15) is 11.9 Å². The molecule has 2 amide bonds. The molecule has 37 heavy (non-hydrogen) atoms. The smallest absolute Gasteiger partial charge is 0.227 e. The molecule has 0 unspecified atom stereocenters. The predicted octanol–water partition coefficient (Wildman–Crippen LogP) is 0.388. The Balaban J connectivity index is 1.81. The van der Waals surface area contributed by atoms with E-state index in [-0.39, 0.29) is 37.3 Å². The van der Waals surface area contributed by atoms with Crippen molar-refractivity contribution in [1.29, 1.82) is 0 Å². The summed E-state index contributed by atoms with van der Waals surface area (Å²) in [6, 6.07) is 4.76. The zero-order valence-electron chi connectivity index (χ0n) is 22.2. The van der Waals surface area contributed by atoms with Crippen molar-refractivity contribution in [2.24, 2.45) is 5.92 Å². The molecule has 0 aromatic heterocycles. The first-order valence-electron chi connectivity index (χ1n) is 12.7. The molecule has 12 heteroatoms. The molecule has 2 aliphatic rings. The van der Waals surface area contributed by atoms with E-state index >= 15 is 0 Å². The molecular formula is C25H40N4O7S. The molecule has 1 aromatic rings. The number of anilines is 1. The van der Waals surface area contributed by atoms with Crippen LogP contribution in [-0.4, -0.2) is 117 Å². The van der Waals surface area contributed by atoms with Crippen LogP contribution in [0.2, 0.25) is 0 Å². The molecule has 1 aromatic carbocycles. The van der Waals surface area contributed by atoms with Crippen LogP contribution in [-0.2, 0) is 30.8 Å². The Kier molecular flexibility index (Phi) is 10.3. The number of morpholine rings is 1. The summed E-state index contributed by atoms with van der Waals surface area (Å²) in [5, 5.41) is 12.7. The molecule has 2 heterocycles. The summed E-state index contributed by atoms with van der Waals surface area (Å²) in [4.78, 5) is 29.7. The number of hydrogen-bond acceptors (Lipinski definition) is 8. The number of amides is 2. The van der Waals surface area contributed by atoms with Crippen molar-refractivity contribution >= 4 is 27.5 Å². The minimum Gasteiger partial charge on any atom is -0.488 e. The third-order valence-electron chi connectivity index (χ3n) is 6.96. The van der Waals surface area contributed by atoms with Gasteiger partial charge < -0.3 is 24.8 Å². The lowest BCUT2D eigenvalue weighted by atomic mass is 10.0. The van der Waals surface area contributed by atoms with E-state index in [1.807, 2.05) is 6.92 Å². The Labute approximate surface area is 219 Å². The molecule has 208 valence electrons. The van der Waals surface area contributed by atoms with Gasteiger partial charge >= 0.3 is 0 Å². The van der Waals surface area contributed by atoms with E-state index in [2.05, 4.69) is 10.2 Å². The number of carbonyl (C=O) groups is 2. The molecular weight excluding hydrogens is 500 g/mol. The number of aliphatic hydroxyl groups is 1. The zero-order chi connectivity index (χ0) is 27.2. The standard InChI is InChI=1S/C25H40N4O7S/c1-18-15-29(19(2)17-30)25(32)14-20-13-21(26-24(31)7-8-28-9-11-35-12-10-28)5-6-22(20)36-23(18)16-27(3)37(4,33)34/h5-6,13,18-19,23,30H,7-12,14-17H2,1-4H3,(H,26,31)/t18-,19+,23-/m0/s1. The Morgan fingerprint density at radius 1 is 1.30 bits per heavy atom. The van der Waals surface area contributed by atoms with Crippen molar-refractivity contribution in [3.05, 3.63) is 23.8 Å². The lowest BCUT2D eigenvalue weighted by Gasteiger charge is -2.33. The predicted molar refractivity (Wildman–Crippen MR) is 140 cm³/mol. The van der Waals surface area contributed by atoms with Crippen LogP contribution in [0.1, 0.15) is 25.8 Å². The molecule has 0 bridgehead atoms. The lowest BCUT2D eigenvalue weighted by molar-refractivity contribution is -0.134. The van der Waals surface area contributed by atoms with Crippen molar-refractivity contribution in [3.63, 3.8) is 0 Å². The van der Waals surface area contributed by atoms with Crippen molar-refractivity contribution < 1.29 is 32.6 Å². The number of likely N-dealkylation sites (N-methyl/N-ethyl adjacent to an activating group) is 1. The molecule has 1 saturated heterocycles. The van der Waals surface area contributed by atoms with Crippen LogP contribution in [0.4, 0.5) is 5.69 Å². The van der Waals surface area contributed by atoms with Gasteiger partial charge in [-0.3, -0.25) is 14.5 Å². The third-order valence-corrected chi connectivity index (χ3v) is 8.24. The van der Waals surface area contributed by atoms with E-state index < -0.39 is 22.2 Å². The first-order chi connectivity index (χ1) is 17.5. The van der Waals surface area contributed by atoms with E-state index in [1.54, 1.807) is 30.0 Å². The maximum atomic E-state index is 13.3. The molecule has 1 fully saturated rings. The van der Waals surface area contributed by atoms with Crippen molar-refractivity contribution in [2.45, 2.75) is 38.8 Å². The second-order valence-corrected chi connectivity index (χ2v) is 12.1. The van der Waals surface area contributed by atoms with Crippen molar-refractivity contribution in [2.75, 3.05) is 71.2 Å². The van der Waals surface area contributed by atoms with Gasteiger partial charge in [-0.1, -0.05) is 6.92 Å². The van der Waals surface area contributed by atoms with Crippen LogP contribution < -0.4 is 10.1 Å². The second-order valence-electron chi connectivity index (χ2n) is 10.0. The molecule has 11 nitrogen and oxygen atoms in total. The minimum absolute atomic E-state index is 0.0263. The summed E-state index contributed by atoms with van der Waals surface area (Å²) in [6.45, 7) is 7.49. The highest BCUT2D eigenvalue weighted by Crippen LogP contribution is 2.29. The third kappa shape index (κ3) is 8.37. The van der Waals surface area contributed by atoms with Gasteiger partial charge in [-0.2, -0.15) is 0 Å². The SMILES string of the molecule is C[C@H](CO)N1C[C@H](C)[C@H](CN(C)S(C)(=O)=O)Oc2ccc(NC(=O)CCN3CCOCC3)cc2CC1=O. The molecule has 0 spiro atoms. The highest BCUT2D eigenvalue weighted by atomic mass is 32.2. The average molecular weight is 541 g/mol. The van der Waals surface area contributed by atoms with Crippen molar-refractivity contribution in [1.82, 2.24) is 14.1 Å². The summed E-state index contributed by atoms with van der Waals surface area (Å²) < 4.78 is 37.0. The summed E-state index contributed by atoms with van der Waals surface area (Å²) in [6.07, 6.45) is 0.967. The Morgan fingerprint density at radius 3 is 2.65 bits per heavy atom. The van der Waals surface area contributed by atoms with Crippen LogP contribution in [0.3, 0.4) is 0 Å². The van der Waals surface area contributed by atoms with Gasteiger partial charge in [-0.25, -0.2) is 12.7 Å². The van der Waals surface area contributed by atoms with Gasteiger partial charge in [0.05, 0.1) is 45.1 Å². The largest absolute Gasteiger partial charge is 0.488 e. The molecule has 3 rings (SSSR count). The average Bonchev–Trinajstić information content (AvgIpc) is 2.90. The van der Waals surface area contributed by atoms with Crippen LogP contribution in [0, 0.1) is 5.92 Å². The number of fused-ring (bicyclic) bond motifs is 1. The van der Waals surface area contributed by atoms with Crippen LogP contribution >= 0.6 is 0 Å². The van der Waals surface area contributed by atoms with E-state index in [9.17, 15) is 23.1 Å². The van der Waals surface area contributed by atoms with Gasteiger partial charge in [-0.05, 0) is 25.1 Å². The highest BCUT2D eigenvalue weighted by Gasteiger charge is 2.32. The Hall–Kier alpha value is -2.25. The highest BCUT2D eigenvalue weighted by molar-refractivity contribution is 7.88. The molecule has 2 N–H and O–H groups in total. The zero-order valence-corrected chi connectivity index (χ0v) is 23.0. The molecule has 0 aliphatic carbocycles. The maximum absolute atomic E-state index is 13.3. The van der Waals surface area contributed by atoms with E-state index in [0.29, 0.717) is 49.7 Å². The van der Waals surface area contributed by atoms with Gasteiger partial charge in [0, 0.05) is 56.8 Å².